The fourth-order valence-electron chi connectivity index (χ4n) is 4.29. The molecule has 0 aromatic rings. The predicted molar refractivity (Wildman–Crippen MR) is 170 cm³/mol. The van der Waals surface area contributed by atoms with Crippen molar-refractivity contribution in [1.29, 1.82) is 0 Å². The predicted octanol–water partition coefficient (Wildman–Crippen LogP) is 3.87. The van der Waals surface area contributed by atoms with E-state index in [-0.39, 0.29) is 137 Å². The fourth-order valence-corrected chi connectivity index (χ4v) is 4.29. The van der Waals surface area contributed by atoms with Crippen molar-refractivity contribution in [2.24, 2.45) is 23.7 Å². The highest BCUT2D eigenvalue weighted by Gasteiger charge is 2.40. The zero-order valence-corrected chi connectivity index (χ0v) is 29.2. The first-order chi connectivity index (χ1) is 21.1. The summed E-state index contributed by atoms with van der Waals surface area (Å²) >= 11 is 0. The molecule has 0 spiro atoms. The second-order valence-electron chi connectivity index (χ2n) is 13.4. The highest BCUT2D eigenvalue weighted by atomic mass is 16.5. The third-order valence-electron chi connectivity index (χ3n) is 8.21. The molecule has 260 valence electrons. The van der Waals surface area contributed by atoms with Crippen LogP contribution >= 0.6 is 0 Å². The first-order valence-corrected chi connectivity index (χ1v) is 16.4. The van der Waals surface area contributed by atoms with E-state index in [1.54, 1.807) is 7.05 Å². The van der Waals surface area contributed by atoms with Crippen LogP contribution in [0.3, 0.4) is 0 Å². The van der Waals surface area contributed by atoms with Gasteiger partial charge in [0, 0.05) is 50.0 Å². The van der Waals surface area contributed by atoms with Gasteiger partial charge < -0.3 is 28.6 Å². The molecule has 0 unspecified atom stereocenters. The van der Waals surface area contributed by atoms with Crippen LogP contribution in [0.25, 0.3) is 0 Å². The Bertz CT molecular complexity index is 870. The minimum Gasteiger partial charge on any atom is -0.378 e. The molecule has 1 aliphatic carbocycles. The van der Waals surface area contributed by atoms with Gasteiger partial charge in [0.05, 0.1) is 51.8 Å². The summed E-state index contributed by atoms with van der Waals surface area (Å²) in [6.07, 6.45) is 1.66. The van der Waals surface area contributed by atoms with Crippen LogP contribution in [0.2, 0.25) is 0 Å². The third kappa shape index (κ3) is 15.4. The van der Waals surface area contributed by atoms with E-state index >= 15 is 0 Å². The maximum atomic E-state index is 13.5. The minimum atomic E-state index is -1.11. The Hall–Kier alpha value is -2.05. The van der Waals surface area contributed by atoms with Gasteiger partial charge in [0.25, 0.3) is 0 Å². The van der Waals surface area contributed by atoms with Gasteiger partial charge in [0.15, 0.2) is 5.78 Å². The molecule has 0 aromatic carbocycles. The van der Waals surface area contributed by atoms with Crippen LogP contribution in [0.15, 0.2) is 0 Å². The number of hydrogen-bond acceptors (Lipinski definition) is 10. The number of likely N-dealkylation sites (N-methyl/N-ethyl adjacent to an activating group) is 1. The summed E-state index contributed by atoms with van der Waals surface area (Å²) in [6.45, 7) is 15.1. The molecule has 0 saturated heterocycles. The topological polar surface area (TPSA) is 135 Å². The zero-order valence-electron chi connectivity index (χ0n) is 29.2. The molecule has 45 heavy (non-hydrogen) atoms. The lowest BCUT2D eigenvalue weighted by Gasteiger charge is -2.42. The van der Waals surface area contributed by atoms with Crippen LogP contribution < -0.4 is 0 Å². The molecule has 0 atom stereocenters. The molecular formula is C34H59NO10. The number of Topliss-reactive ketones (excluding diaryl/α,β-unsaturated/α-hetero) is 4. The van der Waals surface area contributed by atoms with Crippen LogP contribution in [0, 0.1) is 23.7 Å². The number of rotatable bonds is 26. The molecule has 0 heterocycles. The number of hydrogen-bond donors (Lipinski definition) is 0. The SMILES string of the molecule is CC(C)C(=O)CCOCC(COCCC(=O)C(C)C)(COCCC(=O)C(C)C)N(C)C(=O)COC1CC(OCC(=O)C(C)C)C1. The number of carbonyl (C=O) groups is 5. The summed E-state index contributed by atoms with van der Waals surface area (Å²) in [7, 11) is 1.63. The average Bonchev–Trinajstić information content (AvgIpc) is 2.96. The highest BCUT2D eigenvalue weighted by Crippen LogP contribution is 2.27. The monoisotopic (exact) mass is 641 g/mol. The van der Waals surface area contributed by atoms with E-state index in [4.69, 9.17) is 23.7 Å². The van der Waals surface area contributed by atoms with Gasteiger partial charge in [0.2, 0.25) is 5.91 Å². The van der Waals surface area contributed by atoms with Gasteiger partial charge in [-0.1, -0.05) is 55.4 Å². The number of amides is 1. The molecule has 0 aliphatic heterocycles. The molecule has 1 rings (SSSR count). The maximum absolute atomic E-state index is 13.5. The van der Waals surface area contributed by atoms with Crippen LogP contribution in [0.4, 0.5) is 0 Å². The molecule has 0 bridgehead atoms. The van der Waals surface area contributed by atoms with Crippen LogP contribution in [-0.4, -0.2) is 112 Å². The Morgan fingerprint density at radius 2 is 0.911 bits per heavy atom. The fraction of sp³-hybridized carbons (Fsp3) is 0.853. The Balaban J connectivity index is 2.95. The van der Waals surface area contributed by atoms with Crippen molar-refractivity contribution < 1.29 is 47.7 Å². The molecule has 1 aliphatic rings. The molecule has 1 fully saturated rings. The lowest BCUT2D eigenvalue weighted by molar-refractivity contribution is -0.162. The summed E-state index contributed by atoms with van der Waals surface area (Å²) in [6, 6.07) is 0. The van der Waals surface area contributed by atoms with Gasteiger partial charge in [-0.15, -0.1) is 0 Å². The molecule has 0 radical (unpaired) electrons. The van der Waals surface area contributed by atoms with E-state index in [2.05, 4.69) is 0 Å². The van der Waals surface area contributed by atoms with Gasteiger partial charge in [0.1, 0.15) is 36.1 Å². The van der Waals surface area contributed by atoms with E-state index in [9.17, 15) is 24.0 Å². The van der Waals surface area contributed by atoms with Crippen LogP contribution in [-0.2, 0) is 47.7 Å². The van der Waals surface area contributed by atoms with Gasteiger partial charge in [-0.2, -0.15) is 0 Å². The average molecular weight is 642 g/mol. The third-order valence-corrected chi connectivity index (χ3v) is 8.21. The largest absolute Gasteiger partial charge is 0.378 e. The quantitative estimate of drug-likeness (QED) is 0.128. The van der Waals surface area contributed by atoms with Gasteiger partial charge in [-0.25, -0.2) is 0 Å². The standard InChI is InChI=1S/C34H59NO10/c1-23(2)29(36)10-13-41-20-34(21-42-14-11-30(37)24(3)4,22-43-15-12-31(38)25(5)6)35(9)33(40)19-45-28-16-27(17-28)44-18-32(39)26(7)8/h23-28H,10-22H2,1-9H3. The smallest absolute Gasteiger partial charge is 0.249 e. The first kappa shape index (κ1) is 41.0. The van der Waals surface area contributed by atoms with Crippen molar-refractivity contribution in [3.8, 4) is 0 Å². The van der Waals surface area contributed by atoms with Crippen LogP contribution in [0.5, 0.6) is 0 Å². The lowest BCUT2D eigenvalue weighted by atomic mass is 9.92. The minimum absolute atomic E-state index is 0.0140. The molecule has 11 heteroatoms. The zero-order chi connectivity index (χ0) is 34.2. The Morgan fingerprint density at radius 1 is 0.578 bits per heavy atom. The number of ketones is 4. The molecule has 1 saturated carbocycles. The second-order valence-corrected chi connectivity index (χ2v) is 13.4. The molecule has 1 amide bonds. The van der Waals surface area contributed by atoms with Gasteiger partial charge in [-0.3, -0.25) is 24.0 Å². The van der Waals surface area contributed by atoms with E-state index in [1.165, 1.54) is 4.90 Å². The number of nitrogens with zero attached hydrogens (tertiary/aromatic N) is 1. The van der Waals surface area contributed by atoms with Crippen LogP contribution in [0.1, 0.15) is 87.5 Å². The molecule has 0 N–H and O–H groups in total. The summed E-state index contributed by atoms with van der Waals surface area (Å²) in [5.41, 5.74) is -1.11. The van der Waals surface area contributed by atoms with Crippen molar-refractivity contribution in [2.45, 2.75) is 105 Å². The summed E-state index contributed by atoms with van der Waals surface area (Å²) in [4.78, 5) is 63.4. The van der Waals surface area contributed by atoms with E-state index < -0.39 is 5.54 Å². The summed E-state index contributed by atoms with van der Waals surface area (Å²) in [5, 5.41) is 0. The number of carbonyl (C=O) groups excluding carboxylic acids is 5. The Labute approximate surface area is 270 Å². The second kappa shape index (κ2) is 20.9. The first-order valence-electron chi connectivity index (χ1n) is 16.4. The Morgan fingerprint density at radius 3 is 1.24 bits per heavy atom. The maximum Gasteiger partial charge on any atom is 0.249 e. The Kier molecular flexibility index (Phi) is 19.1. The van der Waals surface area contributed by atoms with E-state index in [0.717, 1.165) is 0 Å². The number of ether oxygens (including phenoxy) is 5. The van der Waals surface area contributed by atoms with Gasteiger partial charge >= 0.3 is 0 Å². The molecule has 0 aromatic heterocycles. The van der Waals surface area contributed by atoms with Crippen molar-refractivity contribution in [3.63, 3.8) is 0 Å². The summed E-state index contributed by atoms with van der Waals surface area (Å²) < 4.78 is 29.4. The molecule has 11 nitrogen and oxygen atoms in total. The van der Waals surface area contributed by atoms with Crippen molar-refractivity contribution in [2.75, 3.05) is 59.9 Å². The van der Waals surface area contributed by atoms with Crippen molar-refractivity contribution in [3.05, 3.63) is 0 Å². The molecular weight excluding hydrogens is 582 g/mol. The van der Waals surface area contributed by atoms with E-state index in [0.29, 0.717) is 12.8 Å². The highest BCUT2D eigenvalue weighted by molar-refractivity contribution is 5.82. The van der Waals surface area contributed by atoms with Gasteiger partial charge in [-0.05, 0) is 12.8 Å². The lowest BCUT2D eigenvalue weighted by Crippen LogP contribution is -2.60. The van der Waals surface area contributed by atoms with E-state index in [1.807, 2.05) is 55.4 Å². The normalized spacial score (nSPS) is 16.8. The van der Waals surface area contributed by atoms with Crippen molar-refractivity contribution in [1.82, 2.24) is 4.90 Å². The summed E-state index contributed by atoms with van der Waals surface area (Å²) in [5.74, 6) is -0.480. The van der Waals surface area contributed by atoms with Crippen molar-refractivity contribution >= 4 is 29.0 Å².